The molecular formula is C20H17N3O. The number of hydrogen-bond acceptors (Lipinski definition) is 1. The van der Waals surface area contributed by atoms with Gasteiger partial charge < -0.3 is 14.9 Å². The number of rotatable bonds is 1. The van der Waals surface area contributed by atoms with E-state index in [0.717, 1.165) is 29.4 Å². The fraction of sp³-hybridized carbons (Fsp3) is 0.150. The summed E-state index contributed by atoms with van der Waals surface area (Å²) in [5.74, 6) is 0.0714. The van der Waals surface area contributed by atoms with E-state index in [1.807, 2.05) is 41.3 Å². The van der Waals surface area contributed by atoms with Crippen molar-refractivity contribution in [2.75, 3.05) is 6.54 Å². The summed E-state index contributed by atoms with van der Waals surface area (Å²) in [5.41, 5.74) is 5.34. The lowest BCUT2D eigenvalue weighted by Crippen LogP contribution is -2.35. The molecule has 0 atom stereocenters. The van der Waals surface area contributed by atoms with Crippen molar-refractivity contribution in [1.29, 1.82) is 0 Å². The Bertz CT molecular complexity index is 1040. The Labute approximate surface area is 139 Å². The minimum atomic E-state index is 0.0714. The van der Waals surface area contributed by atoms with E-state index in [1.165, 1.54) is 16.6 Å². The second kappa shape index (κ2) is 4.99. The first-order valence-electron chi connectivity index (χ1n) is 8.25. The predicted octanol–water partition coefficient (Wildman–Crippen LogP) is 3.85. The number of nitrogens with zero attached hydrogens (tertiary/aromatic N) is 1. The Balaban J connectivity index is 1.50. The zero-order valence-corrected chi connectivity index (χ0v) is 13.2. The Hall–Kier alpha value is -3.01. The maximum Gasteiger partial charge on any atom is 0.270 e. The van der Waals surface area contributed by atoms with Crippen LogP contribution in [0.2, 0.25) is 0 Å². The van der Waals surface area contributed by atoms with Crippen LogP contribution in [0.4, 0.5) is 0 Å². The van der Waals surface area contributed by atoms with E-state index in [4.69, 9.17) is 0 Å². The summed E-state index contributed by atoms with van der Waals surface area (Å²) < 4.78 is 0. The Morgan fingerprint density at radius 3 is 2.62 bits per heavy atom. The summed E-state index contributed by atoms with van der Waals surface area (Å²) in [6.45, 7) is 1.40. The van der Waals surface area contributed by atoms with Gasteiger partial charge in [0.05, 0.1) is 0 Å². The first-order chi connectivity index (χ1) is 11.8. The highest BCUT2D eigenvalue weighted by molar-refractivity contribution is 5.98. The molecular weight excluding hydrogens is 298 g/mol. The normalized spacial score (nSPS) is 14.2. The molecule has 2 aromatic carbocycles. The smallest absolute Gasteiger partial charge is 0.270 e. The topological polar surface area (TPSA) is 51.9 Å². The van der Waals surface area contributed by atoms with Gasteiger partial charge in [0.25, 0.3) is 5.91 Å². The van der Waals surface area contributed by atoms with Crippen LogP contribution in [-0.4, -0.2) is 27.3 Å². The summed E-state index contributed by atoms with van der Waals surface area (Å²) >= 11 is 0. The summed E-state index contributed by atoms with van der Waals surface area (Å²) in [4.78, 5) is 21.6. The monoisotopic (exact) mass is 315 g/mol. The van der Waals surface area contributed by atoms with Gasteiger partial charge in [-0.1, -0.05) is 36.4 Å². The van der Waals surface area contributed by atoms with Gasteiger partial charge in [-0.3, -0.25) is 4.79 Å². The van der Waals surface area contributed by atoms with Crippen LogP contribution < -0.4 is 0 Å². The molecule has 0 saturated carbocycles. The van der Waals surface area contributed by atoms with Crippen LogP contribution in [0, 0.1) is 0 Å². The summed E-state index contributed by atoms with van der Waals surface area (Å²) in [6, 6.07) is 18.3. The van der Waals surface area contributed by atoms with Crippen LogP contribution in [0.3, 0.4) is 0 Å². The largest absolute Gasteiger partial charge is 0.358 e. The molecule has 24 heavy (non-hydrogen) atoms. The number of hydrogen-bond donors (Lipinski definition) is 2. The van der Waals surface area contributed by atoms with E-state index in [2.05, 4.69) is 28.2 Å². The van der Waals surface area contributed by atoms with Gasteiger partial charge in [0.2, 0.25) is 0 Å². The molecule has 0 aliphatic carbocycles. The molecule has 0 spiro atoms. The van der Waals surface area contributed by atoms with Crippen LogP contribution in [-0.2, 0) is 13.0 Å². The van der Waals surface area contributed by atoms with Crippen LogP contribution in [0.15, 0.2) is 54.6 Å². The highest BCUT2D eigenvalue weighted by Crippen LogP contribution is 2.28. The number of H-pyrrole nitrogens is 2. The van der Waals surface area contributed by atoms with E-state index >= 15 is 0 Å². The molecule has 0 unspecified atom stereocenters. The van der Waals surface area contributed by atoms with Gasteiger partial charge in [-0.15, -0.1) is 0 Å². The molecule has 2 aromatic heterocycles. The molecule has 0 bridgehead atoms. The number of nitrogens with one attached hydrogen (secondary N) is 2. The molecule has 3 heterocycles. The van der Waals surface area contributed by atoms with Gasteiger partial charge in [-0.25, -0.2) is 0 Å². The van der Waals surface area contributed by atoms with Crippen molar-refractivity contribution in [3.05, 3.63) is 71.5 Å². The average Bonchev–Trinajstić information content (AvgIpc) is 3.21. The number of amides is 1. The van der Waals surface area contributed by atoms with Crippen molar-refractivity contribution in [1.82, 2.24) is 14.9 Å². The van der Waals surface area contributed by atoms with Crippen LogP contribution in [0.25, 0.3) is 21.8 Å². The van der Waals surface area contributed by atoms with Crippen LogP contribution >= 0.6 is 0 Å². The SMILES string of the molecule is O=C(c1cc2ccccc2[nH]1)N1CCc2[nH]c3ccccc3c2C1. The van der Waals surface area contributed by atoms with E-state index in [-0.39, 0.29) is 5.91 Å². The maximum atomic E-state index is 12.9. The molecule has 118 valence electrons. The van der Waals surface area contributed by atoms with Gasteiger partial charge in [-0.05, 0) is 18.2 Å². The lowest BCUT2D eigenvalue weighted by atomic mass is 10.0. The van der Waals surface area contributed by atoms with Gasteiger partial charge in [-0.2, -0.15) is 0 Å². The number of benzene rings is 2. The second-order valence-electron chi connectivity index (χ2n) is 6.37. The molecule has 4 aromatic rings. The zero-order chi connectivity index (χ0) is 16.1. The highest BCUT2D eigenvalue weighted by Gasteiger charge is 2.25. The van der Waals surface area contributed by atoms with E-state index < -0.39 is 0 Å². The molecule has 2 N–H and O–H groups in total. The number of aromatic nitrogens is 2. The maximum absolute atomic E-state index is 12.9. The third kappa shape index (κ3) is 1.96. The van der Waals surface area contributed by atoms with Crippen molar-refractivity contribution < 1.29 is 4.79 Å². The molecule has 4 nitrogen and oxygen atoms in total. The molecule has 0 radical (unpaired) electrons. The lowest BCUT2D eigenvalue weighted by molar-refractivity contribution is 0.0730. The van der Waals surface area contributed by atoms with Gasteiger partial charge in [0.1, 0.15) is 5.69 Å². The highest BCUT2D eigenvalue weighted by atomic mass is 16.2. The fourth-order valence-electron chi connectivity index (χ4n) is 3.70. The van der Waals surface area contributed by atoms with Crippen molar-refractivity contribution in [2.24, 2.45) is 0 Å². The molecule has 1 aliphatic heterocycles. The molecule has 0 saturated heterocycles. The van der Waals surface area contributed by atoms with Crippen molar-refractivity contribution in [3.63, 3.8) is 0 Å². The van der Waals surface area contributed by atoms with Gasteiger partial charge in [0.15, 0.2) is 0 Å². The number of fused-ring (bicyclic) bond motifs is 4. The first kappa shape index (κ1) is 13.4. The standard InChI is InChI=1S/C20H17N3O/c24-20(19-11-13-5-1-3-7-16(13)21-19)23-10-9-18-15(12-23)14-6-2-4-8-17(14)22-18/h1-8,11,21-22H,9-10,12H2. The van der Waals surface area contributed by atoms with Crippen LogP contribution in [0.1, 0.15) is 21.7 Å². The zero-order valence-electron chi connectivity index (χ0n) is 13.2. The lowest BCUT2D eigenvalue weighted by Gasteiger charge is -2.26. The Morgan fingerprint density at radius 1 is 0.958 bits per heavy atom. The molecule has 1 aliphatic rings. The quantitative estimate of drug-likeness (QED) is 0.551. The molecule has 1 amide bonds. The van der Waals surface area contributed by atoms with E-state index in [1.54, 1.807) is 0 Å². The number of para-hydroxylation sites is 2. The minimum absolute atomic E-state index is 0.0714. The third-order valence-corrected chi connectivity index (χ3v) is 4.93. The summed E-state index contributed by atoms with van der Waals surface area (Å²) in [7, 11) is 0. The number of aromatic amines is 2. The number of carbonyl (C=O) groups is 1. The Kier molecular flexibility index (Phi) is 2.80. The summed E-state index contributed by atoms with van der Waals surface area (Å²) in [5, 5.41) is 2.30. The van der Waals surface area contributed by atoms with Crippen LogP contribution in [0.5, 0.6) is 0 Å². The Morgan fingerprint density at radius 2 is 1.75 bits per heavy atom. The molecule has 0 fully saturated rings. The van der Waals surface area contributed by atoms with E-state index in [9.17, 15) is 4.79 Å². The fourth-order valence-corrected chi connectivity index (χ4v) is 3.70. The third-order valence-electron chi connectivity index (χ3n) is 4.93. The van der Waals surface area contributed by atoms with E-state index in [0.29, 0.717) is 12.2 Å². The second-order valence-corrected chi connectivity index (χ2v) is 6.37. The minimum Gasteiger partial charge on any atom is -0.358 e. The average molecular weight is 315 g/mol. The summed E-state index contributed by atoms with van der Waals surface area (Å²) in [6.07, 6.45) is 0.871. The van der Waals surface area contributed by atoms with Gasteiger partial charge in [0, 0.05) is 52.6 Å². The molecule has 4 heteroatoms. The van der Waals surface area contributed by atoms with Crippen molar-refractivity contribution in [3.8, 4) is 0 Å². The number of carbonyl (C=O) groups excluding carboxylic acids is 1. The predicted molar refractivity (Wildman–Crippen MR) is 95.0 cm³/mol. The molecule has 5 rings (SSSR count). The first-order valence-corrected chi connectivity index (χ1v) is 8.25. The van der Waals surface area contributed by atoms with Crippen molar-refractivity contribution >= 4 is 27.7 Å². The van der Waals surface area contributed by atoms with Crippen molar-refractivity contribution in [2.45, 2.75) is 13.0 Å². The van der Waals surface area contributed by atoms with Gasteiger partial charge >= 0.3 is 0 Å².